The molecule has 27 heavy (non-hydrogen) atoms. The Bertz CT molecular complexity index is 831. The van der Waals surface area contributed by atoms with E-state index in [9.17, 15) is 14.9 Å². The van der Waals surface area contributed by atoms with Crippen LogP contribution in [0.4, 0.5) is 5.69 Å². The van der Waals surface area contributed by atoms with Gasteiger partial charge in [0.1, 0.15) is 5.02 Å². The molecule has 0 radical (unpaired) electrons. The number of carbonyl (C=O) groups excluding carboxylic acids is 1. The van der Waals surface area contributed by atoms with Crippen LogP contribution < -0.4 is 0 Å². The molecule has 0 N–H and O–H groups in total. The van der Waals surface area contributed by atoms with Crippen LogP contribution in [0.15, 0.2) is 42.5 Å². The molecule has 0 aliphatic carbocycles. The molecule has 5 nitrogen and oxygen atoms in total. The summed E-state index contributed by atoms with van der Waals surface area (Å²) in [7, 11) is 0. The van der Waals surface area contributed by atoms with E-state index in [1.807, 2.05) is 58.0 Å². The smallest absolute Gasteiger partial charge is 0.289 e. The molecule has 0 bridgehead atoms. The van der Waals surface area contributed by atoms with Crippen molar-refractivity contribution in [1.29, 1.82) is 0 Å². The van der Waals surface area contributed by atoms with Gasteiger partial charge in [0.15, 0.2) is 0 Å². The third kappa shape index (κ3) is 4.60. The van der Waals surface area contributed by atoms with Crippen LogP contribution in [-0.2, 0) is 4.79 Å². The number of benzene rings is 2. The van der Waals surface area contributed by atoms with Gasteiger partial charge in [0, 0.05) is 18.2 Å². The first kappa shape index (κ1) is 21.2. The van der Waals surface area contributed by atoms with Crippen LogP contribution in [0.5, 0.6) is 0 Å². The van der Waals surface area contributed by atoms with Crippen LogP contribution in [-0.4, -0.2) is 27.8 Å². The lowest BCUT2D eigenvalue weighted by Crippen LogP contribution is -2.44. The van der Waals surface area contributed by atoms with Crippen LogP contribution >= 0.6 is 23.2 Å². The maximum absolute atomic E-state index is 13.5. The van der Waals surface area contributed by atoms with Crippen LogP contribution in [0, 0.1) is 10.1 Å². The fourth-order valence-electron chi connectivity index (χ4n) is 3.27. The number of hydrogen-bond acceptors (Lipinski definition) is 3. The van der Waals surface area contributed by atoms with E-state index in [1.54, 1.807) is 4.90 Å². The Hall–Kier alpha value is -2.11. The van der Waals surface area contributed by atoms with Crippen molar-refractivity contribution in [3.8, 4) is 0 Å². The van der Waals surface area contributed by atoms with Gasteiger partial charge in [0.05, 0.1) is 15.9 Å². The number of halogens is 2. The van der Waals surface area contributed by atoms with Gasteiger partial charge in [0.25, 0.3) is 5.69 Å². The topological polar surface area (TPSA) is 63.5 Å². The summed E-state index contributed by atoms with van der Waals surface area (Å²) in [5, 5.41) is 11.2. The van der Waals surface area contributed by atoms with Crippen LogP contribution in [0.1, 0.15) is 44.7 Å². The predicted octanol–water partition coefficient (Wildman–Crippen LogP) is 5.68. The Morgan fingerprint density at radius 2 is 1.56 bits per heavy atom. The summed E-state index contributed by atoms with van der Waals surface area (Å²) in [4.78, 5) is 25.8. The first-order valence-corrected chi connectivity index (χ1v) is 9.41. The SMILES string of the molecule is CC(C)N(C(=O)C(c1ccccc1)c1cc(Cl)c([N+](=O)[O-])cc1Cl)C(C)C. The van der Waals surface area contributed by atoms with Gasteiger partial charge in [-0.15, -0.1) is 0 Å². The van der Waals surface area contributed by atoms with Crippen molar-refractivity contribution in [2.75, 3.05) is 0 Å². The van der Waals surface area contributed by atoms with Gasteiger partial charge in [-0.2, -0.15) is 0 Å². The lowest BCUT2D eigenvalue weighted by atomic mass is 9.89. The van der Waals surface area contributed by atoms with Crippen LogP contribution in [0.3, 0.4) is 0 Å². The molecule has 1 unspecified atom stereocenters. The maximum atomic E-state index is 13.5. The Morgan fingerprint density at radius 1 is 1.00 bits per heavy atom. The molecule has 0 saturated carbocycles. The van der Waals surface area contributed by atoms with Gasteiger partial charge in [-0.25, -0.2) is 0 Å². The number of nitro groups is 1. The van der Waals surface area contributed by atoms with Crippen LogP contribution in [0.2, 0.25) is 10.0 Å². The Kier molecular flexibility index (Phi) is 6.84. The van der Waals surface area contributed by atoms with Crippen molar-refractivity contribution in [2.45, 2.75) is 45.7 Å². The summed E-state index contributed by atoms with van der Waals surface area (Å²) < 4.78 is 0. The van der Waals surface area contributed by atoms with E-state index in [4.69, 9.17) is 23.2 Å². The first-order valence-electron chi connectivity index (χ1n) is 8.65. The highest BCUT2D eigenvalue weighted by atomic mass is 35.5. The quantitative estimate of drug-likeness (QED) is 0.456. The molecule has 0 fully saturated rings. The van der Waals surface area contributed by atoms with Crippen LogP contribution in [0.25, 0.3) is 0 Å². The minimum absolute atomic E-state index is 0.0176. The van der Waals surface area contributed by atoms with E-state index in [2.05, 4.69) is 0 Å². The van der Waals surface area contributed by atoms with E-state index in [0.717, 1.165) is 5.56 Å². The molecule has 0 saturated heterocycles. The van der Waals surface area contributed by atoms with Crippen molar-refractivity contribution in [2.24, 2.45) is 0 Å². The molecule has 0 aliphatic rings. The molecule has 1 amide bonds. The molecule has 0 aromatic heterocycles. The average Bonchev–Trinajstić information content (AvgIpc) is 2.58. The number of nitro benzene ring substituents is 1. The molecular weight excluding hydrogens is 387 g/mol. The maximum Gasteiger partial charge on any atom is 0.289 e. The van der Waals surface area contributed by atoms with Crippen molar-refractivity contribution >= 4 is 34.8 Å². The van der Waals surface area contributed by atoms with E-state index >= 15 is 0 Å². The standard InChI is InChI=1S/C20H22Cl2N2O3/c1-12(2)23(13(3)4)20(25)19(14-8-6-5-7-9-14)15-10-17(22)18(24(26)27)11-16(15)21/h5-13,19H,1-4H3. The molecule has 0 aliphatic heterocycles. The Balaban J connectivity index is 2.67. The van der Waals surface area contributed by atoms with Gasteiger partial charge in [0.2, 0.25) is 5.91 Å². The zero-order valence-corrected chi connectivity index (χ0v) is 17.2. The zero-order chi connectivity index (χ0) is 20.3. The molecular formula is C20H22Cl2N2O3. The minimum atomic E-state index is -0.707. The monoisotopic (exact) mass is 408 g/mol. The molecule has 144 valence electrons. The second-order valence-corrected chi connectivity index (χ2v) is 7.67. The molecule has 2 aromatic rings. The fourth-order valence-corrected chi connectivity index (χ4v) is 3.78. The fraction of sp³-hybridized carbons (Fsp3) is 0.350. The third-order valence-corrected chi connectivity index (χ3v) is 4.95. The van der Waals surface area contributed by atoms with Gasteiger partial charge in [-0.05, 0) is 44.9 Å². The summed E-state index contributed by atoms with van der Waals surface area (Å²) in [5.41, 5.74) is 0.921. The van der Waals surface area contributed by atoms with Crippen molar-refractivity contribution in [1.82, 2.24) is 4.90 Å². The molecule has 7 heteroatoms. The number of rotatable bonds is 6. The summed E-state index contributed by atoms with van der Waals surface area (Å²) >= 11 is 12.5. The van der Waals surface area contributed by atoms with Gasteiger partial charge >= 0.3 is 0 Å². The molecule has 0 spiro atoms. The summed E-state index contributed by atoms with van der Waals surface area (Å²) in [5.74, 6) is -0.833. The number of amides is 1. The Morgan fingerprint density at radius 3 is 2.04 bits per heavy atom. The second-order valence-electron chi connectivity index (χ2n) is 6.86. The molecule has 1 atom stereocenters. The van der Waals surface area contributed by atoms with Gasteiger partial charge < -0.3 is 4.90 Å². The van der Waals surface area contributed by atoms with Gasteiger partial charge in [-0.1, -0.05) is 53.5 Å². The van der Waals surface area contributed by atoms with Gasteiger partial charge in [-0.3, -0.25) is 14.9 Å². The van der Waals surface area contributed by atoms with E-state index in [1.165, 1.54) is 12.1 Å². The second kappa shape index (κ2) is 8.72. The lowest BCUT2D eigenvalue weighted by molar-refractivity contribution is -0.384. The highest BCUT2D eigenvalue weighted by Crippen LogP contribution is 2.38. The highest BCUT2D eigenvalue weighted by Gasteiger charge is 2.33. The summed E-state index contributed by atoms with van der Waals surface area (Å²) in [6.45, 7) is 7.80. The normalized spacial score (nSPS) is 12.3. The highest BCUT2D eigenvalue weighted by molar-refractivity contribution is 6.35. The lowest BCUT2D eigenvalue weighted by Gasteiger charge is -2.34. The number of hydrogen-bond donors (Lipinski definition) is 0. The van der Waals surface area contributed by atoms with Crippen molar-refractivity contribution in [3.05, 3.63) is 73.8 Å². The average molecular weight is 409 g/mol. The van der Waals surface area contributed by atoms with Crippen molar-refractivity contribution in [3.63, 3.8) is 0 Å². The Labute approximate surface area is 169 Å². The molecule has 2 aromatic carbocycles. The zero-order valence-electron chi connectivity index (χ0n) is 15.6. The summed E-state index contributed by atoms with van der Waals surface area (Å²) in [6, 6.07) is 11.8. The molecule has 2 rings (SSSR count). The van der Waals surface area contributed by atoms with E-state index in [0.29, 0.717) is 5.56 Å². The third-order valence-electron chi connectivity index (χ3n) is 4.32. The number of carbonyl (C=O) groups is 1. The minimum Gasteiger partial charge on any atom is -0.337 e. The predicted molar refractivity (Wildman–Crippen MR) is 109 cm³/mol. The van der Waals surface area contributed by atoms with E-state index in [-0.39, 0.29) is 33.7 Å². The largest absolute Gasteiger partial charge is 0.337 e. The number of nitrogens with zero attached hydrogens (tertiary/aromatic N) is 2. The van der Waals surface area contributed by atoms with Crippen molar-refractivity contribution < 1.29 is 9.72 Å². The van der Waals surface area contributed by atoms with E-state index < -0.39 is 10.8 Å². The molecule has 0 heterocycles. The first-order chi connectivity index (χ1) is 12.6. The summed E-state index contributed by atoms with van der Waals surface area (Å²) in [6.07, 6.45) is 0.